The Morgan fingerprint density at radius 3 is 2.75 bits per heavy atom. The number of anilines is 2. The Bertz CT molecular complexity index is 926. The molecule has 12 heteroatoms. The van der Waals surface area contributed by atoms with E-state index >= 15 is 0 Å². The van der Waals surface area contributed by atoms with Crippen LogP contribution < -0.4 is 10.2 Å². The van der Waals surface area contributed by atoms with Crippen LogP contribution in [0, 0.1) is 0 Å². The summed E-state index contributed by atoms with van der Waals surface area (Å²) in [6, 6.07) is 3.51. The second kappa shape index (κ2) is 10.1. The molecule has 1 atom stereocenters. The van der Waals surface area contributed by atoms with E-state index in [0.29, 0.717) is 24.0 Å². The monoisotopic (exact) mass is 470 g/mol. The first-order valence-corrected chi connectivity index (χ1v) is 11.7. The molecule has 0 radical (unpaired) electrons. The number of nitrogens with one attached hydrogen (secondary N) is 1. The minimum atomic E-state index is -4.49. The van der Waals surface area contributed by atoms with Gasteiger partial charge in [-0.25, -0.2) is 4.68 Å². The summed E-state index contributed by atoms with van der Waals surface area (Å²) in [5, 5.41) is 14.7. The van der Waals surface area contributed by atoms with Crippen molar-refractivity contribution in [1.82, 2.24) is 20.2 Å². The summed E-state index contributed by atoms with van der Waals surface area (Å²) in [5.74, 6) is -0.444. The van der Waals surface area contributed by atoms with Crippen LogP contribution in [0.2, 0.25) is 0 Å². The van der Waals surface area contributed by atoms with Gasteiger partial charge in [0.2, 0.25) is 11.1 Å². The van der Waals surface area contributed by atoms with E-state index in [1.165, 1.54) is 6.07 Å². The number of alkyl halides is 3. The van der Waals surface area contributed by atoms with Gasteiger partial charge in [-0.15, -0.1) is 5.10 Å². The van der Waals surface area contributed by atoms with Gasteiger partial charge in [-0.2, -0.15) is 13.2 Å². The molecule has 2 aromatic rings. The van der Waals surface area contributed by atoms with Gasteiger partial charge < -0.3 is 15.0 Å². The molecule has 174 valence electrons. The zero-order valence-corrected chi connectivity index (χ0v) is 18.3. The molecule has 32 heavy (non-hydrogen) atoms. The lowest BCUT2D eigenvalue weighted by molar-refractivity contribution is -0.137. The van der Waals surface area contributed by atoms with E-state index in [9.17, 15) is 18.0 Å². The maximum absolute atomic E-state index is 13.3. The fourth-order valence-corrected chi connectivity index (χ4v) is 4.62. The average Bonchev–Trinajstić information content (AvgIpc) is 3.45. The lowest BCUT2D eigenvalue weighted by Gasteiger charge is -2.31. The highest BCUT2D eigenvalue weighted by Crippen LogP contribution is 2.36. The van der Waals surface area contributed by atoms with Crippen LogP contribution >= 0.6 is 11.8 Å². The maximum Gasteiger partial charge on any atom is 0.416 e. The normalized spacial score (nSPS) is 19.3. The standard InChI is InChI=1S/C20H25F3N6O2S/c21-20(22,23)14-6-7-17(28-8-2-1-3-9-28)16(11-14)24-18(30)13-32-19-25-26-27-29(19)12-15-5-4-10-31-15/h6-7,11,15H,1-5,8-10,12-13H2,(H,24,30)/t15-/m0/s1. The summed E-state index contributed by atoms with van der Waals surface area (Å²) < 4.78 is 47.0. The number of amides is 1. The first-order valence-electron chi connectivity index (χ1n) is 10.7. The molecular formula is C20H25F3N6O2S. The molecule has 0 unspecified atom stereocenters. The SMILES string of the molecule is O=C(CSc1nnnn1C[C@@H]1CCCO1)Nc1cc(C(F)(F)F)ccc1N1CCCCC1. The molecule has 2 aliphatic heterocycles. The van der Waals surface area contributed by atoms with Crippen molar-refractivity contribution < 1.29 is 22.7 Å². The number of tetrazole rings is 1. The van der Waals surface area contributed by atoms with Crippen molar-refractivity contribution in [3.63, 3.8) is 0 Å². The zero-order chi connectivity index (χ0) is 22.6. The summed E-state index contributed by atoms with van der Waals surface area (Å²) >= 11 is 1.14. The third kappa shape index (κ3) is 5.71. The lowest BCUT2D eigenvalue weighted by atomic mass is 10.1. The van der Waals surface area contributed by atoms with Crippen LogP contribution in [0.15, 0.2) is 23.4 Å². The number of hydrogen-bond donors (Lipinski definition) is 1. The summed E-state index contributed by atoms with van der Waals surface area (Å²) in [7, 11) is 0. The van der Waals surface area contributed by atoms with Gasteiger partial charge in [-0.05, 0) is 60.7 Å². The van der Waals surface area contributed by atoms with Gasteiger partial charge in [0.1, 0.15) is 0 Å². The molecule has 2 aliphatic rings. The second-order valence-electron chi connectivity index (χ2n) is 7.89. The Morgan fingerprint density at radius 1 is 1.22 bits per heavy atom. The van der Waals surface area contributed by atoms with Crippen molar-refractivity contribution in [3.05, 3.63) is 23.8 Å². The summed E-state index contributed by atoms with van der Waals surface area (Å²) in [6.07, 6.45) is 0.515. The van der Waals surface area contributed by atoms with E-state index in [1.54, 1.807) is 4.68 Å². The molecule has 1 aromatic carbocycles. The number of ether oxygens (including phenoxy) is 1. The Balaban J connectivity index is 1.43. The number of piperidine rings is 1. The van der Waals surface area contributed by atoms with Crippen molar-refractivity contribution >= 4 is 29.0 Å². The smallest absolute Gasteiger partial charge is 0.376 e. The summed E-state index contributed by atoms with van der Waals surface area (Å²) in [4.78, 5) is 14.6. The van der Waals surface area contributed by atoms with E-state index in [4.69, 9.17) is 4.74 Å². The number of rotatable bonds is 7. The number of nitrogens with zero attached hydrogens (tertiary/aromatic N) is 5. The molecule has 3 heterocycles. The molecule has 0 saturated carbocycles. The van der Waals surface area contributed by atoms with Crippen molar-refractivity contribution in [2.75, 3.05) is 35.7 Å². The molecule has 0 spiro atoms. The van der Waals surface area contributed by atoms with E-state index in [1.807, 2.05) is 4.90 Å². The topological polar surface area (TPSA) is 85.2 Å². The van der Waals surface area contributed by atoms with E-state index in [2.05, 4.69) is 20.8 Å². The first-order chi connectivity index (χ1) is 15.4. The van der Waals surface area contributed by atoms with Gasteiger partial charge in [0, 0.05) is 19.7 Å². The van der Waals surface area contributed by atoms with Gasteiger partial charge >= 0.3 is 6.18 Å². The molecule has 4 rings (SSSR count). The maximum atomic E-state index is 13.3. The van der Waals surface area contributed by atoms with Crippen molar-refractivity contribution in [3.8, 4) is 0 Å². The average molecular weight is 471 g/mol. The molecule has 1 N–H and O–H groups in total. The molecule has 0 bridgehead atoms. The van der Waals surface area contributed by atoms with Gasteiger partial charge in [-0.3, -0.25) is 4.79 Å². The van der Waals surface area contributed by atoms with Gasteiger partial charge in [-0.1, -0.05) is 11.8 Å². The Hall–Kier alpha value is -2.34. The fourth-order valence-electron chi connectivity index (χ4n) is 3.94. The molecular weight excluding hydrogens is 445 g/mol. The molecule has 8 nitrogen and oxygen atoms in total. The van der Waals surface area contributed by atoms with Crippen LogP contribution in [-0.4, -0.2) is 57.7 Å². The Labute approximate surface area is 187 Å². The first kappa shape index (κ1) is 22.8. The highest BCUT2D eigenvalue weighted by molar-refractivity contribution is 7.99. The number of aromatic nitrogens is 4. The third-order valence-electron chi connectivity index (χ3n) is 5.53. The van der Waals surface area contributed by atoms with Gasteiger partial charge in [0.05, 0.1) is 35.3 Å². The number of benzene rings is 1. The van der Waals surface area contributed by atoms with Crippen molar-refractivity contribution in [1.29, 1.82) is 0 Å². The van der Waals surface area contributed by atoms with E-state index < -0.39 is 17.6 Å². The van der Waals surface area contributed by atoms with E-state index in [0.717, 1.165) is 69.1 Å². The number of carbonyl (C=O) groups excluding carboxylic acids is 1. The van der Waals surface area contributed by atoms with Crippen LogP contribution in [0.3, 0.4) is 0 Å². The number of halogens is 3. The predicted molar refractivity (Wildman–Crippen MR) is 114 cm³/mol. The number of carbonyl (C=O) groups is 1. The van der Waals surface area contributed by atoms with Crippen LogP contribution in [-0.2, 0) is 22.3 Å². The predicted octanol–water partition coefficient (Wildman–Crippen LogP) is 3.59. The van der Waals surface area contributed by atoms with Crippen LogP contribution in [0.1, 0.15) is 37.7 Å². The summed E-state index contributed by atoms with van der Waals surface area (Å²) in [5.41, 5.74) is -0.00717. The quantitative estimate of drug-likeness (QED) is 0.619. The number of hydrogen-bond acceptors (Lipinski definition) is 7. The van der Waals surface area contributed by atoms with Crippen LogP contribution in [0.25, 0.3) is 0 Å². The van der Waals surface area contributed by atoms with Crippen molar-refractivity contribution in [2.24, 2.45) is 0 Å². The highest BCUT2D eigenvalue weighted by Gasteiger charge is 2.32. The largest absolute Gasteiger partial charge is 0.416 e. The van der Waals surface area contributed by atoms with Gasteiger partial charge in [0.25, 0.3) is 0 Å². The molecule has 1 amide bonds. The minimum absolute atomic E-state index is 0.0262. The minimum Gasteiger partial charge on any atom is -0.376 e. The van der Waals surface area contributed by atoms with E-state index in [-0.39, 0.29) is 17.5 Å². The highest BCUT2D eigenvalue weighted by atomic mass is 32.2. The van der Waals surface area contributed by atoms with Crippen molar-refractivity contribution in [2.45, 2.75) is 56.1 Å². The Kier molecular flexibility index (Phi) is 7.19. The lowest BCUT2D eigenvalue weighted by Crippen LogP contribution is -2.30. The third-order valence-corrected chi connectivity index (χ3v) is 6.48. The number of thioether (sulfide) groups is 1. The second-order valence-corrected chi connectivity index (χ2v) is 8.84. The van der Waals surface area contributed by atoms with Crippen LogP contribution in [0.4, 0.5) is 24.5 Å². The Morgan fingerprint density at radius 2 is 2.03 bits per heavy atom. The van der Waals surface area contributed by atoms with Gasteiger partial charge in [0.15, 0.2) is 0 Å². The zero-order valence-electron chi connectivity index (χ0n) is 17.5. The van der Waals surface area contributed by atoms with Crippen LogP contribution in [0.5, 0.6) is 0 Å². The fraction of sp³-hybridized carbons (Fsp3) is 0.600. The molecule has 2 fully saturated rings. The molecule has 1 aromatic heterocycles. The molecule has 2 saturated heterocycles. The summed E-state index contributed by atoms with van der Waals surface area (Å²) in [6.45, 7) is 2.72. The molecule has 0 aliphatic carbocycles.